The van der Waals surface area contributed by atoms with Gasteiger partial charge in [-0.2, -0.15) is 11.3 Å². The minimum atomic E-state index is 0.0266. The van der Waals surface area contributed by atoms with E-state index in [9.17, 15) is 0 Å². The van der Waals surface area contributed by atoms with Crippen LogP contribution >= 0.6 is 11.3 Å². The number of nitrogens with zero attached hydrogens (tertiary/aromatic N) is 1. The lowest BCUT2D eigenvalue weighted by atomic mass is 10.0. The molecule has 5 heteroatoms. The van der Waals surface area contributed by atoms with E-state index in [2.05, 4.69) is 52.1 Å². The molecule has 0 radical (unpaired) electrons. The lowest BCUT2D eigenvalue weighted by Gasteiger charge is -2.34. The Morgan fingerprint density at radius 1 is 0.967 bits per heavy atom. The molecule has 1 saturated heterocycles. The molecular weight excluding hydrogens is 392 g/mol. The Balaban J connectivity index is 1.22. The van der Waals surface area contributed by atoms with Crippen LogP contribution in [-0.4, -0.2) is 37.2 Å². The predicted molar refractivity (Wildman–Crippen MR) is 124 cm³/mol. The Morgan fingerprint density at radius 2 is 1.73 bits per heavy atom. The maximum atomic E-state index is 6.61. The number of anilines is 1. The van der Waals surface area contributed by atoms with E-state index < -0.39 is 0 Å². The zero-order valence-corrected chi connectivity index (χ0v) is 18.1. The van der Waals surface area contributed by atoms with E-state index >= 15 is 0 Å². The lowest BCUT2D eigenvalue weighted by Crippen LogP contribution is -2.38. The molecule has 0 saturated carbocycles. The van der Waals surface area contributed by atoms with Crippen LogP contribution in [0.4, 0.5) is 5.69 Å². The van der Waals surface area contributed by atoms with Gasteiger partial charge in [-0.15, -0.1) is 0 Å². The van der Waals surface area contributed by atoms with Crippen LogP contribution in [0.2, 0.25) is 0 Å². The molecule has 0 spiro atoms. The van der Waals surface area contributed by atoms with E-state index in [0.717, 1.165) is 44.6 Å². The molecule has 1 aliphatic rings. The number of likely N-dealkylation sites (tertiary alicyclic amines) is 1. The number of hydrogen-bond donors (Lipinski definition) is 1. The summed E-state index contributed by atoms with van der Waals surface area (Å²) in [5, 5.41) is 4.33. The van der Waals surface area contributed by atoms with Crippen molar-refractivity contribution in [2.75, 3.05) is 32.0 Å². The van der Waals surface area contributed by atoms with Gasteiger partial charge < -0.3 is 20.1 Å². The minimum absolute atomic E-state index is 0.0266. The molecular formula is C25H30N2O2S. The first kappa shape index (κ1) is 20.9. The van der Waals surface area contributed by atoms with Gasteiger partial charge in [-0.05, 0) is 59.3 Å². The first-order chi connectivity index (χ1) is 14.8. The zero-order valence-electron chi connectivity index (χ0n) is 17.3. The van der Waals surface area contributed by atoms with Crippen LogP contribution in [0.1, 0.15) is 36.5 Å². The summed E-state index contributed by atoms with van der Waals surface area (Å²) in [4.78, 5) is 2.51. The maximum absolute atomic E-state index is 6.61. The fourth-order valence-electron chi connectivity index (χ4n) is 3.95. The Hall–Kier alpha value is -2.34. The summed E-state index contributed by atoms with van der Waals surface area (Å²) in [6.45, 7) is 3.89. The van der Waals surface area contributed by atoms with Crippen molar-refractivity contribution in [1.82, 2.24) is 4.90 Å². The van der Waals surface area contributed by atoms with Crippen molar-refractivity contribution in [2.24, 2.45) is 0 Å². The van der Waals surface area contributed by atoms with Gasteiger partial charge in [0.05, 0.1) is 18.4 Å². The maximum Gasteiger partial charge on any atom is 0.142 e. The summed E-state index contributed by atoms with van der Waals surface area (Å²) < 4.78 is 12.4. The molecule has 30 heavy (non-hydrogen) atoms. The van der Waals surface area contributed by atoms with Gasteiger partial charge in [-0.25, -0.2) is 0 Å². The van der Waals surface area contributed by atoms with Gasteiger partial charge in [-0.3, -0.25) is 0 Å². The first-order valence-electron chi connectivity index (χ1n) is 10.7. The fourth-order valence-corrected chi connectivity index (χ4v) is 4.62. The first-order valence-corrected chi connectivity index (χ1v) is 11.7. The third kappa shape index (κ3) is 5.63. The highest BCUT2D eigenvalue weighted by Gasteiger charge is 2.24. The average Bonchev–Trinajstić information content (AvgIpc) is 3.32. The van der Waals surface area contributed by atoms with Gasteiger partial charge in [0.25, 0.3) is 0 Å². The largest absolute Gasteiger partial charge is 0.491 e. The van der Waals surface area contributed by atoms with Crippen LogP contribution in [0, 0.1) is 0 Å². The highest BCUT2D eigenvalue weighted by atomic mass is 32.1. The molecule has 158 valence electrons. The van der Waals surface area contributed by atoms with Crippen LogP contribution in [0.25, 0.3) is 0 Å². The van der Waals surface area contributed by atoms with E-state index in [-0.39, 0.29) is 6.10 Å². The van der Waals surface area contributed by atoms with Gasteiger partial charge in [0.15, 0.2) is 0 Å². The number of para-hydroxylation sites is 2. The van der Waals surface area contributed by atoms with E-state index in [1.807, 2.05) is 24.3 Å². The van der Waals surface area contributed by atoms with Crippen LogP contribution in [-0.2, 0) is 4.74 Å². The van der Waals surface area contributed by atoms with E-state index in [4.69, 9.17) is 15.2 Å². The third-order valence-corrected chi connectivity index (χ3v) is 6.31. The molecule has 2 aromatic carbocycles. The Morgan fingerprint density at radius 3 is 2.47 bits per heavy atom. The summed E-state index contributed by atoms with van der Waals surface area (Å²) in [6, 6.07) is 20.4. The zero-order chi connectivity index (χ0) is 20.6. The van der Waals surface area contributed by atoms with Crippen molar-refractivity contribution in [2.45, 2.75) is 31.5 Å². The number of rotatable bonds is 9. The smallest absolute Gasteiger partial charge is 0.142 e. The van der Waals surface area contributed by atoms with Gasteiger partial charge in [0.1, 0.15) is 11.9 Å². The van der Waals surface area contributed by atoms with Gasteiger partial charge in [0, 0.05) is 19.6 Å². The molecule has 0 aliphatic carbocycles. The second-order valence-corrected chi connectivity index (χ2v) is 8.54. The Labute approximate surface area is 183 Å². The molecule has 1 unspecified atom stereocenters. The number of benzene rings is 2. The van der Waals surface area contributed by atoms with Crippen molar-refractivity contribution < 1.29 is 9.47 Å². The van der Waals surface area contributed by atoms with Crippen LogP contribution < -0.4 is 10.5 Å². The number of piperidine rings is 1. The molecule has 1 fully saturated rings. The van der Waals surface area contributed by atoms with E-state index in [1.54, 1.807) is 11.3 Å². The number of thiophene rings is 1. The molecule has 2 heterocycles. The summed E-state index contributed by atoms with van der Waals surface area (Å²) in [6.07, 6.45) is 3.46. The topological polar surface area (TPSA) is 47.7 Å². The molecule has 2 N–H and O–H groups in total. The highest BCUT2D eigenvalue weighted by Crippen LogP contribution is 2.31. The quantitative estimate of drug-likeness (QED) is 0.372. The summed E-state index contributed by atoms with van der Waals surface area (Å²) in [5.74, 6) is 0.782. The molecule has 1 atom stereocenters. The van der Waals surface area contributed by atoms with E-state index in [0.29, 0.717) is 18.4 Å². The minimum Gasteiger partial charge on any atom is -0.491 e. The fraction of sp³-hybridized carbons (Fsp3) is 0.360. The van der Waals surface area contributed by atoms with Gasteiger partial charge in [-0.1, -0.05) is 42.5 Å². The molecule has 1 aliphatic heterocycles. The highest BCUT2D eigenvalue weighted by molar-refractivity contribution is 7.08. The normalized spacial score (nSPS) is 16.4. The molecule has 1 aromatic heterocycles. The summed E-state index contributed by atoms with van der Waals surface area (Å²) in [7, 11) is 0. The van der Waals surface area contributed by atoms with Crippen molar-refractivity contribution >= 4 is 17.0 Å². The van der Waals surface area contributed by atoms with Gasteiger partial charge in [0.2, 0.25) is 0 Å². The number of nitrogens with two attached hydrogens (primary N) is 1. The van der Waals surface area contributed by atoms with Crippen molar-refractivity contribution in [3.8, 4) is 5.75 Å². The molecule has 3 aromatic rings. The average molecular weight is 423 g/mol. The molecule has 4 rings (SSSR count). The van der Waals surface area contributed by atoms with Crippen LogP contribution in [0.5, 0.6) is 5.75 Å². The molecule has 0 amide bonds. The Kier molecular flexibility index (Phi) is 7.40. The standard InChI is InChI=1S/C25H30N2O2S/c26-23-9-4-5-10-24(23)28-17-6-14-27-15-11-22(12-16-27)29-25(21-13-18-30-19-21)20-7-2-1-3-8-20/h1-5,7-10,13,18-19,22,25H,6,11-12,14-17,26H2. The van der Waals surface area contributed by atoms with Crippen molar-refractivity contribution in [3.05, 3.63) is 82.6 Å². The van der Waals surface area contributed by atoms with E-state index in [1.165, 1.54) is 11.1 Å². The lowest BCUT2D eigenvalue weighted by molar-refractivity contribution is -0.0272. The number of nitrogen functional groups attached to an aromatic ring is 1. The van der Waals surface area contributed by atoms with Crippen LogP contribution in [0.15, 0.2) is 71.4 Å². The Bertz CT molecular complexity index is 877. The van der Waals surface area contributed by atoms with Crippen molar-refractivity contribution in [1.29, 1.82) is 0 Å². The van der Waals surface area contributed by atoms with Crippen LogP contribution in [0.3, 0.4) is 0 Å². The number of ether oxygens (including phenoxy) is 2. The summed E-state index contributed by atoms with van der Waals surface area (Å²) >= 11 is 1.73. The number of hydrogen-bond acceptors (Lipinski definition) is 5. The molecule has 0 bridgehead atoms. The molecule has 4 nitrogen and oxygen atoms in total. The second-order valence-electron chi connectivity index (χ2n) is 7.76. The summed E-state index contributed by atoms with van der Waals surface area (Å²) in [5.41, 5.74) is 9.12. The third-order valence-electron chi connectivity index (χ3n) is 5.61. The second kappa shape index (κ2) is 10.6. The monoisotopic (exact) mass is 422 g/mol. The SMILES string of the molecule is Nc1ccccc1OCCCN1CCC(OC(c2ccccc2)c2ccsc2)CC1. The van der Waals surface area contributed by atoms with Gasteiger partial charge >= 0.3 is 0 Å². The van der Waals surface area contributed by atoms with Crippen molar-refractivity contribution in [3.63, 3.8) is 0 Å². The predicted octanol–water partition coefficient (Wildman–Crippen LogP) is 5.37.